The molecule has 20 heavy (non-hydrogen) atoms. The quantitative estimate of drug-likeness (QED) is 0.737. The van der Waals surface area contributed by atoms with E-state index in [1.165, 1.54) is 5.56 Å². The fourth-order valence-electron chi connectivity index (χ4n) is 2.41. The molecular weight excluding hydrogens is 263 g/mol. The minimum absolute atomic E-state index is 0.0119. The maximum Gasteiger partial charge on any atom is 0.389 e. The standard InChI is InChI=1S/C16H24F3N/c1-4-10-20-15(6-5-9-16(17,18)19)14-8-7-12(2)11-13(14)3/h7-8,11,15,20H,4-6,9-10H2,1-3H3. The minimum Gasteiger partial charge on any atom is -0.310 e. The van der Waals surface area contributed by atoms with Gasteiger partial charge in [0.1, 0.15) is 0 Å². The van der Waals surface area contributed by atoms with Crippen LogP contribution in [0.5, 0.6) is 0 Å². The molecule has 114 valence electrons. The van der Waals surface area contributed by atoms with Gasteiger partial charge in [-0.2, -0.15) is 13.2 Å². The summed E-state index contributed by atoms with van der Waals surface area (Å²) in [6.45, 7) is 6.92. The van der Waals surface area contributed by atoms with E-state index in [1.807, 2.05) is 26.0 Å². The van der Waals surface area contributed by atoms with Crippen LogP contribution < -0.4 is 5.32 Å². The van der Waals surface area contributed by atoms with Gasteiger partial charge in [-0.15, -0.1) is 0 Å². The van der Waals surface area contributed by atoms with Crippen LogP contribution in [-0.2, 0) is 0 Å². The molecule has 0 aliphatic rings. The monoisotopic (exact) mass is 287 g/mol. The molecule has 0 saturated heterocycles. The first-order chi connectivity index (χ1) is 9.33. The number of alkyl halides is 3. The Bertz CT molecular complexity index is 413. The molecule has 1 aromatic rings. The maximum atomic E-state index is 12.3. The molecule has 1 rings (SSSR count). The minimum atomic E-state index is -4.06. The van der Waals surface area contributed by atoms with Crippen LogP contribution in [0.4, 0.5) is 13.2 Å². The van der Waals surface area contributed by atoms with Crippen LogP contribution in [0.25, 0.3) is 0 Å². The fourth-order valence-corrected chi connectivity index (χ4v) is 2.41. The lowest BCUT2D eigenvalue weighted by Crippen LogP contribution is -2.23. The second kappa shape index (κ2) is 7.67. The molecule has 1 unspecified atom stereocenters. The SMILES string of the molecule is CCCNC(CCCC(F)(F)F)c1ccc(C)cc1C. The fraction of sp³-hybridized carbons (Fsp3) is 0.625. The zero-order valence-electron chi connectivity index (χ0n) is 12.5. The van der Waals surface area contributed by atoms with Crippen LogP contribution in [0, 0.1) is 13.8 Å². The maximum absolute atomic E-state index is 12.3. The Morgan fingerprint density at radius 2 is 1.90 bits per heavy atom. The van der Waals surface area contributed by atoms with Gasteiger partial charge in [0.2, 0.25) is 0 Å². The predicted molar refractivity (Wildman–Crippen MR) is 76.9 cm³/mol. The van der Waals surface area contributed by atoms with Crippen molar-refractivity contribution in [2.75, 3.05) is 6.54 Å². The molecule has 4 heteroatoms. The zero-order chi connectivity index (χ0) is 15.2. The van der Waals surface area contributed by atoms with E-state index in [9.17, 15) is 13.2 Å². The molecule has 0 aliphatic heterocycles. The van der Waals surface area contributed by atoms with Crippen molar-refractivity contribution in [2.24, 2.45) is 0 Å². The van der Waals surface area contributed by atoms with E-state index in [-0.39, 0.29) is 12.5 Å². The van der Waals surface area contributed by atoms with E-state index >= 15 is 0 Å². The lowest BCUT2D eigenvalue weighted by Gasteiger charge is -2.21. The third kappa shape index (κ3) is 5.95. The third-order valence-electron chi connectivity index (χ3n) is 3.39. The summed E-state index contributed by atoms with van der Waals surface area (Å²) in [6, 6.07) is 6.15. The Morgan fingerprint density at radius 3 is 2.45 bits per heavy atom. The highest BCUT2D eigenvalue weighted by Gasteiger charge is 2.27. The van der Waals surface area contributed by atoms with E-state index in [0.717, 1.165) is 24.1 Å². The number of aryl methyl sites for hydroxylation is 2. The molecule has 0 saturated carbocycles. The molecule has 0 aromatic heterocycles. The number of rotatable bonds is 7. The Kier molecular flexibility index (Phi) is 6.53. The zero-order valence-corrected chi connectivity index (χ0v) is 12.5. The lowest BCUT2D eigenvalue weighted by molar-refractivity contribution is -0.135. The first-order valence-corrected chi connectivity index (χ1v) is 7.20. The summed E-state index contributed by atoms with van der Waals surface area (Å²) in [5.41, 5.74) is 3.44. The number of hydrogen-bond donors (Lipinski definition) is 1. The molecule has 0 radical (unpaired) electrons. The molecular formula is C16H24F3N. The van der Waals surface area contributed by atoms with Gasteiger partial charge in [-0.25, -0.2) is 0 Å². The predicted octanol–water partition coefficient (Wildman–Crippen LogP) is 5.08. The number of halogens is 3. The molecule has 0 aliphatic carbocycles. The molecule has 0 bridgehead atoms. The highest BCUT2D eigenvalue weighted by Crippen LogP contribution is 2.28. The summed E-state index contributed by atoms with van der Waals surface area (Å²) in [4.78, 5) is 0. The van der Waals surface area contributed by atoms with Crippen molar-refractivity contribution in [2.45, 2.75) is 58.7 Å². The summed E-state index contributed by atoms with van der Waals surface area (Å²) >= 11 is 0. The van der Waals surface area contributed by atoms with Gasteiger partial charge in [-0.3, -0.25) is 0 Å². The molecule has 0 heterocycles. The van der Waals surface area contributed by atoms with Gasteiger partial charge >= 0.3 is 6.18 Å². The van der Waals surface area contributed by atoms with E-state index in [4.69, 9.17) is 0 Å². The Morgan fingerprint density at radius 1 is 1.20 bits per heavy atom. The van der Waals surface area contributed by atoms with Crippen molar-refractivity contribution in [3.63, 3.8) is 0 Å². The highest BCUT2D eigenvalue weighted by molar-refractivity contribution is 5.32. The summed E-state index contributed by atoms with van der Waals surface area (Å²) < 4.78 is 36.8. The number of benzene rings is 1. The van der Waals surface area contributed by atoms with Crippen LogP contribution >= 0.6 is 0 Å². The van der Waals surface area contributed by atoms with Crippen molar-refractivity contribution < 1.29 is 13.2 Å². The van der Waals surface area contributed by atoms with Gasteiger partial charge in [0.15, 0.2) is 0 Å². The summed E-state index contributed by atoms with van der Waals surface area (Å²) in [6.07, 6.45) is -3.11. The van der Waals surface area contributed by atoms with Crippen molar-refractivity contribution in [3.05, 3.63) is 34.9 Å². The molecule has 1 atom stereocenters. The van der Waals surface area contributed by atoms with Crippen molar-refractivity contribution in [3.8, 4) is 0 Å². The average molecular weight is 287 g/mol. The van der Waals surface area contributed by atoms with Crippen molar-refractivity contribution in [1.82, 2.24) is 5.32 Å². The second-order valence-corrected chi connectivity index (χ2v) is 5.37. The van der Waals surface area contributed by atoms with Gasteiger partial charge in [-0.05, 0) is 50.8 Å². The molecule has 1 aromatic carbocycles. The van der Waals surface area contributed by atoms with Gasteiger partial charge < -0.3 is 5.32 Å². The first kappa shape index (κ1) is 17.0. The van der Waals surface area contributed by atoms with Crippen LogP contribution in [-0.4, -0.2) is 12.7 Å². The summed E-state index contributed by atoms with van der Waals surface area (Å²) in [5, 5.41) is 3.36. The van der Waals surface area contributed by atoms with E-state index < -0.39 is 12.6 Å². The van der Waals surface area contributed by atoms with E-state index in [1.54, 1.807) is 0 Å². The van der Waals surface area contributed by atoms with Crippen molar-refractivity contribution in [1.29, 1.82) is 0 Å². The lowest BCUT2D eigenvalue weighted by atomic mass is 9.95. The Labute approximate surface area is 119 Å². The Balaban J connectivity index is 2.72. The second-order valence-electron chi connectivity index (χ2n) is 5.37. The largest absolute Gasteiger partial charge is 0.389 e. The molecule has 1 nitrogen and oxygen atoms in total. The van der Waals surface area contributed by atoms with Gasteiger partial charge in [0, 0.05) is 12.5 Å². The van der Waals surface area contributed by atoms with Gasteiger partial charge in [-0.1, -0.05) is 30.7 Å². The van der Waals surface area contributed by atoms with E-state index in [0.29, 0.717) is 6.42 Å². The summed E-state index contributed by atoms with van der Waals surface area (Å²) in [5.74, 6) is 0. The number of hydrogen-bond acceptors (Lipinski definition) is 1. The highest BCUT2D eigenvalue weighted by atomic mass is 19.4. The third-order valence-corrected chi connectivity index (χ3v) is 3.39. The topological polar surface area (TPSA) is 12.0 Å². The smallest absolute Gasteiger partial charge is 0.310 e. The average Bonchev–Trinajstić information content (AvgIpc) is 2.33. The van der Waals surface area contributed by atoms with Crippen LogP contribution in [0.2, 0.25) is 0 Å². The first-order valence-electron chi connectivity index (χ1n) is 7.20. The molecule has 0 amide bonds. The molecule has 0 fully saturated rings. The molecule has 0 spiro atoms. The van der Waals surface area contributed by atoms with Crippen LogP contribution in [0.3, 0.4) is 0 Å². The Hall–Kier alpha value is -1.03. The van der Waals surface area contributed by atoms with E-state index in [2.05, 4.69) is 18.3 Å². The van der Waals surface area contributed by atoms with Crippen LogP contribution in [0.15, 0.2) is 18.2 Å². The van der Waals surface area contributed by atoms with Crippen LogP contribution in [0.1, 0.15) is 55.3 Å². The number of nitrogens with one attached hydrogen (secondary N) is 1. The molecule has 1 N–H and O–H groups in total. The van der Waals surface area contributed by atoms with Crippen molar-refractivity contribution >= 4 is 0 Å². The summed E-state index contributed by atoms with van der Waals surface area (Å²) in [7, 11) is 0. The van der Waals surface area contributed by atoms with Gasteiger partial charge in [0.25, 0.3) is 0 Å². The normalized spacial score (nSPS) is 13.5. The van der Waals surface area contributed by atoms with Gasteiger partial charge in [0.05, 0.1) is 0 Å².